The van der Waals surface area contributed by atoms with Gasteiger partial charge in [0.25, 0.3) is 10.1 Å². The summed E-state index contributed by atoms with van der Waals surface area (Å²) in [6.45, 7) is 12.9. The van der Waals surface area contributed by atoms with Crippen molar-refractivity contribution in [3.8, 4) is 0 Å². The number of carbonyl (C=O) groups excluding carboxylic acids is 2. The number of aliphatic hydroxyl groups is 1. The lowest BCUT2D eigenvalue weighted by molar-refractivity contribution is -0.154. The summed E-state index contributed by atoms with van der Waals surface area (Å²) >= 11 is 0. The van der Waals surface area contributed by atoms with Gasteiger partial charge in [-0.3, -0.25) is 8.98 Å². The van der Waals surface area contributed by atoms with Gasteiger partial charge in [0.05, 0.1) is 11.0 Å². The van der Waals surface area contributed by atoms with E-state index in [0.717, 1.165) is 24.8 Å². The molecular formula is C28H40O7S. The van der Waals surface area contributed by atoms with Crippen molar-refractivity contribution < 1.29 is 32.0 Å². The van der Waals surface area contributed by atoms with Crippen LogP contribution in [0.1, 0.15) is 71.8 Å². The number of Topliss-reactive ketones (excluding diaryl/α,β-unsaturated/α-hetero) is 1. The number of esters is 1. The summed E-state index contributed by atoms with van der Waals surface area (Å²) in [6, 6.07) is 6.16. The molecule has 2 unspecified atom stereocenters. The molecule has 1 N–H and O–H groups in total. The van der Waals surface area contributed by atoms with Gasteiger partial charge >= 0.3 is 5.97 Å². The van der Waals surface area contributed by atoms with Gasteiger partial charge in [0.15, 0.2) is 6.61 Å². The van der Waals surface area contributed by atoms with Crippen LogP contribution in [-0.2, 0) is 28.6 Å². The molecule has 0 saturated heterocycles. The predicted molar refractivity (Wildman–Crippen MR) is 137 cm³/mol. The van der Waals surface area contributed by atoms with Gasteiger partial charge in [-0.1, -0.05) is 57.9 Å². The number of aryl methyl sites for hydroxylation is 1. The number of rotatable bonds is 13. The Balaban J connectivity index is 1.64. The average Bonchev–Trinajstić information content (AvgIpc) is 3.39. The number of hydrogen-bond acceptors (Lipinski definition) is 7. The molecular weight excluding hydrogens is 480 g/mol. The number of ketones is 1. The largest absolute Gasteiger partial charge is 0.461 e. The van der Waals surface area contributed by atoms with Crippen LogP contribution in [0.25, 0.3) is 0 Å². The molecule has 0 bridgehead atoms. The zero-order valence-corrected chi connectivity index (χ0v) is 22.9. The monoisotopic (exact) mass is 520 g/mol. The Morgan fingerprint density at radius 3 is 2.44 bits per heavy atom. The van der Waals surface area contributed by atoms with E-state index < -0.39 is 40.3 Å². The van der Waals surface area contributed by atoms with Crippen molar-refractivity contribution in [3.05, 3.63) is 42.5 Å². The Labute approximate surface area is 215 Å². The van der Waals surface area contributed by atoms with Gasteiger partial charge in [0.1, 0.15) is 11.9 Å². The van der Waals surface area contributed by atoms with Crippen LogP contribution in [0.5, 0.6) is 0 Å². The second-order valence-corrected chi connectivity index (χ2v) is 12.8. The van der Waals surface area contributed by atoms with Crippen molar-refractivity contribution in [1.29, 1.82) is 0 Å². The Morgan fingerprint density at radius 1 is 1.31 bits per heavy atom. The fraction of sp³-hybridized carbons (Fsp3) is 0.643. The number of benzene rings is 1. The minimum atomic E-state index is -4.09. The van der Waals surface area contributed by atoms with Crippen molar-refractivity contribution >= 4 is 21.9 Å². The molecule has 1 aromatic rings. The summed E-state index contributed by atoms with van der Waals surface area (Å²) in [7, 11) is -4.09. The van der Waals surface area contributed by atoms with Crippen LogP contribution in [0.4, 0.5) is 0 Å². The fourth-order valence-corrected chi connectivity index (χ4v) is 7.02. The Bertz CT molecular complexity index is 1090. The van der Waals surface area contributed by atoms with Crippen LogP contribution in [-0.4, -0.2) is 44.1 Å². The van der Waals surface area contributed by atoms with Crippen LogP contribution < -0.4 is 0 Å². The Kier molecular flexibility index (Phi) is 8.23. The van der Waals surface area contributed by atoms with Crippen LogP contribution in [0.3, 0.4) is 0 Å². The molecule has 2 aliphatic rings. The number of aliphatic hydroxyl groups excluding tert-OH is 1. The maximum absolute atomic E-state index is 12.5. The van der Waals surface area contributed by atoms with E-state index >= 15 is 0 Å². The molecule has 36 heavy (non-hydrogen) atoms. The third-order valence-electron chi connectivity index (χ3n) is 8.76. The van der Waals surface area contributed by atoms with E-state index in [2.05, 4.69) is 6.58 Å². The second-order valence-electron chi connectivity index (χ2n) is 11.2. The molecule has 0 aromatic heterocycles. The van der Waals surface area contributed by atoms with Crippen LogP contribution in [0.2, 0.25) is 0 Å². The molecule has 0 heterocycles. The maximum Gasteiger partial charge on any atom is 0.333 e. The van der Waals surface area contributed by atoms with Gasteiger partial charge in [-0.25, -0.2) is 4.79 Å². The summed E-state index contributed by atoms with van der Waals surface area (Å²) in [6.07, 6.45) is 4.12. The van der Waals surface area contributed by atoms with Gasteiger partial charge in [0.2, 0.25) is 0 Å². The summed E-state index contributed by atoms with van der Waals surface area (Å²) < 4.78 is 35.4. The standard InChI is InChI=1S/C28H40O7S/c1-7-9-21(35-24(30)17-34-36(32,33)22-12-10-19(3)11-13-22)16-26(5,8-2)25(31)20(4)28-15-14-23(29)27(28,6)18-28/h8,10-13,20-21,25,31H,2,7,9,14-18H2,1,3-6H3/t20-,21-,25?,26+,27+,28?/m0/s1. The molecule has 2 saturated carbocycles. The smallest absolute Gasteiger partial charge is 0.333 e. The van der Waals surface area contributed by atoms with E-state index in [0.29, 0.717) is 19.3 Å². The van der Waals surface area contributed by atoms with Gasteiger partial charge in [-0.05, 0) is 56.1 Å². The van der Waals surface area contributed by atoms with Gasteiger partial charge in [0, 0.05) is 17.3 Å². The molecule has 6 atom stereocenters. The van der Waals surface area contributed by atoms with Gasteiger partial charge in [-0.2, -0.15) is 8.42 Å². The quantitative estimate of drug-likeness (QED) is 0.227. The van der Waals surface area contributed by atoms with E-state index in [-0.39, 0.29) is 27.4 Å². The number of hydrogen-bond donors (Lipinski definition) is 1. The van der Waals surface area contributed by atoms with Crippen LogP contribution >= 0.6 is 0 Å². The maximum atomic E-state index is 12.5. The van der Waals surface area contributed by atoms with E-state index in [1.165, 1.54) is 12.1 Å². The summed E-state index contributed by atoms with van der Waals surface area (Å²) in [5, 5.41) is 11.5. The van der Waals surface area contributed by atoms with E-state index in [1.807, 2.05) is 34.6 Å². The normalized spacial score (nSPS) is 27.4. The van der Waals surface area contributed by atoms with Crippen molar-refractivity contribution in [3.63, 3.8) is 0 Å². The molecule has 0 spiro atoms. The lowest BCUT2D eigenvalue weighted by Crippen LogP contribution is -2.43. The second kappa shape index (κ2) is 10.4. The number of ether oxygens (including phenoxy) is 1. The molecule has 1 aromatic carbocycles. The first-order valence-electron chi connectivity index (χ1n) is 12.8. The predicted octanol–water partition coefficient (Wildman–Crippen LogP) is 4.75. The third-order valence-corrected chi connectivity index (χ3v) is 10.0. The molecule has 0 aliphatic heterocycles. The van der Waals surface area contributed by atoms with Crippen LogP contribution in [0, 0.1) is 29.1 Å². The number of carbonyl (C=O) groups is 2. The highest BCUT2D eigenvalue weighted by Gasteiger charge is 2.74. The molecule has 7 nitrogen and oxygen atoms in total. The molecule has 3 rings (SSSR count). The molecule has 2 fully saturated rings. The minimum Gasteiger partial charge on any atom is -0.461 e. The van der Waals surface area contributed by atoms with Crippen molar-refractivity contribution in [2.45, 2.75) is 90.2 Å². The molecule has 8 heteroatoms. The molecule has 0 amide bonds. The molecule has 0 radical (unpaired) electrons. The highest BCUT2D eigenvalue weighted by molar-refractivity contribution is 7.86. The Morgan fingerprint density at radius 2 is 1.94 bits per heavy atom. The number of fused-ring (bicyclic) bond motifs is 1. The SMILES string of the molecule is C=C[C@](C)(C[C@H](CCC)OC(=O)COS(=O)(=O)c1ccc(C)cc1)C(O)[C@H](C)C12CCC(=O)[C@@]1(C)C2. The van der Waals surface area contributed by atoms with Crippen LogP contribution in [0.15, 0.2) is 41.8 Å². The first-order valence-corrected chi connectivity index (χ1v) is 14.2. The van der Waals surface area contributed by atoms with Gasteiger partial charge in [-0.15, -0.1) is 6.58 Å². The highest BCUT2D eigenvalue weighted by atomic mass is 32.2. The average molecular weight is 521 g/mol. The third kappa shape index (κ3) is 5.31. The van der Waals surface area contributed by atoms with Crippen molar-refractivity contribution in [1.82, 2.24) is 0 Å². The summed E-state index contributed by atoms with van der Waals surface area (Å²) in [5.74, 6) is -0.633. The molecule has 2 aliphatic carbocycles. The lowest BCUT2D eigenvalue weighted by atomic mass is 9.68. The van der Waals surface area contributed by atoms with E-state index in [1.54, 1.807) is 18.2 Å². The first kappa shape index (κ1) is 28.5. The van der Waals surface area contributed by atoms with E-state index in [9.17, 15) is 23.1 Å². The zero-order valence-electron chi connectivity index (χ0n) is 22.1. The van der Waals surface area contributed by atoms with Crippen molar-refractivity contribution in [2.75, 3.05) is 6.61 Å². The lowest BCUT2D eigenvalue weighted by Gasteiger charge is -2.40. The van der Waals surface area contributed by atoms with Crippen molar-refractivity contribution in [2.24, 2.45) is 22.2 Å². The van der Waals surface area contributed by atoms with Gasteiger partial charge < -0.3 is 9.84 Å². The topological polar surface area (TPSA) is 107 Å². The summed E-state index contributed by atoms with van der Waals surface area (Å²) in [4.78, 5) is 24.9. The molecule has 200 valence electrons. The Hall–Kier alpha value is -2.03. The van der Waals surface area contributed by atoms with E-state index in [4.69, 9.17) is 8.92 Å². The highest BCUT2D eigenvalue weighted by Crippen LogP contribution is 2.75. The summed E-state index contributed by atoms with van der Waals surface area (Å²) in [5.41, 5.74) is -0.408. The minimum absolute atomic E-state index is 0.0285. The zero-order chi connectivity index (χ0) is 26.9. The first-order chi connectivity index (χ1) is 16.7. The fourth-order valence-electron chi connectivity index (χ4n) is 6.16.